The summed E-state index contributed by atoms with van der Waals surface area (Å²) in [5, 5.41) is 9.94. The Hall–Kier alpha value is -1.06. The highest BCUT2D eigenvalue weighted by molar-refractivity contribution is 7.91. The zero-order valence-electron chi connectivity index (χ0n) is 11.3. The lowest BCUT2D eigenvalue weighted by molar-refractivity contribution is -0.118. The van der Waals surface area contributed by atoms with Crippen LogP contribution in [-0.4, -0.2) is 30.6 Å². The predicted octanol–water partition coefficient (Wildman–Crippen LogP) is 1.21. The number of anilines is 1. The number of rotatable bonds is 6. The maximum atomic E-state index is 11.9. The Balaban J connectivity index is 2.82. The fourth-order valence-electron chi connectivity index (χ4n) is 1.02. The van der Waals surface area contributed by atoms with Crippen LogP contribution in [0.15, 0.2) is 4.34 Å². The largest absolute Gasteiger partial charge is 0.300 e. The summed E-state index contributed by atoms with van der Waals surface area (Å²) in [6.45, 7) is 7.11. The summed E-state index contributed by atoms with van der Waals surface area (Å²) >= 11 is 0.833. The second kappa shape index (κ2) is 6.40. The minimum Gasteiger partial charge on any atom is -0.300 e. The van der Waals surface area contributed by atoms with Crippen molar-refractivity contribution in [3.05, 3.63) is 0 Å². The van der Waals surface area contributed by atoms with Crippen LogP contribution in [0, 0.1) is 5.92 Å². The lowest BCUT2D eigenvalue weighted by Crippen LogP contribution is -2.31. The second-order valence-electron chi connectivity index (χ2n) is 4.45. The van der Waals surface area contributed by atoms with Crippen molar-refractivity contribution in [3.63, 3.8) is 0 Å². The van der Waals surface area contributed by atoms with Crippen molar-refractivity contribution in [1.29, 1.82) is 0 Å². The van der Waals surface area contributed by atoms with E-state index in [4.69, 9.17) is 0 Å². The Labute approximate surface area is 116 Å². The van der Waals surface area contributed by atoms with Gasteiger partial charge in [0, 0.05) is 12.0 Å². The summed E-state index contributed by atoms with van der Waals surface area (Å²) in [6, 6.07) is -0.178. The van der Waals surface area contributed by atoms with Crippen molar-refractivity contribution in [1.82, 2.24) is 14.9 Å². The first kappa shape index (κ1) is 16.0. The summed E-state index contributed by atoms with van der Waals surface area (Å²) < 4.78 is 26.2. The molecular formula is C10H18N4O3S2. The van der Waals surface area contributed by atoms with Gasteiger partial charge in [-0.3, -0.25) is 4.79 Å². The summed E-state index contributed by atoms with van der Waals surface area (Å²) in [7, 11) is -3.66. The Morgan fingerprint density at radius 1 is 1.32 bits per heavy atom. The topological polar surface area (TPSA) is 101 Å². The number of carbonyl (C=O) groups is 1. The Morgan fingerprint density at radius 2 is 1.95 bits per heavy atom. The number of hydrogen-bond acceptors (Lipinski definition) is 6. The van der Waals surface area contributed by atoms with Crippen LogP contribution in [0.5, 0.6) is 0 Å². The van der Waals surface area contributed by atoms with Crippen molar-refractivity contribution >= 4 is 32.4 Å². The second-order valence-corrected chi connectivity index (χ2v) is 7.31. The van der Waals surface area contributed by atoms with Gasteiger partial charge in [0.15, 0.2) is 0 Å². The first-order chi connectivity index (χ1) is 8.76. The van der Waals surface area contributed by atoms with Gasteiger partial charge in [0.25, 0.3) is 10.0 Å². The first-order valence-corrected chi connectivity index (χ1v) is 8.23. The maximum absolute atomic E-state index is 11.9. The molecule has 0 aliphatic heterocycles. The molecule has 0 aromatic carbocycles. The average molecular weight is 306 g/mol. The fraction of sp³-hybridized carbons (Fsp3) is 0.700. The molecule has 1 atom stereocenters. The van der Waals surface area contributed by atoms with Crippen LogP contribution >= 0.6 is 11.3 Å². The van der Waals surface area contributed by atoms with Crippen molar-refractivity contribution < 1.29 is 13.2 Å². The quantitative estimate of drug-likeness (QED) is 0.769. The first-order valence-electron chi connectivity index (χ1n) is 5.93. The van der Waals surface area contributed by atoms with Gasteiger partial charge in [-0.2, -0.15) is 0 Å². The smallest absolute Gasteiger partial charge is 0.270 e. The SMILES string of the molecule is CC[C@@H](C)NS(=O)(=O)c1nnc(NC(=O)C(C)C)s1. The van der Waals surface area contributed by atoms with E-state index in [2.05, 4.69) is 20.2 Å². The van der Waals surface area contributed by atoms with Crippen molar-refractivity contribution in [2.24, 2.45) is 5.92 Å². The van der Waals surface area contributed by atoms with Crippen LogP contribution in [0.1, 0.15) is 34.1 Å². The molecule has 19 heavy (non-hydrogen) atoms. The van der Waals surface area contributed by atoms with Gasteiger partial charge < -0.3 is 5.32 Å². The molecule has 9 heteroatoms. The molecule has 0 radical (unpaired) electrons. The highest BCUT2D eigenvalue weighted by Gasteiger charge is 2.22. The van der Waals surface area contributed by atoms with Crippen LogP contribution in [-0.2, 0) is 14.8 Å². The molecule has 1 aromatic rings. The summed E-state index contributed by atoms with van der Waals surface area (Å²) in [6.07, 6.45) is 0.676. The molecule has 0 aliphatic rings. The molecule has 7 nitrogen and oxygen atoms in total. The highest BCUT2D eigenvalue weighted by atomic mass is 32.2. The average Bonchev–Trinajstić information content (AvgIpc) is 2.77. The molecular weight excluding hydrogens is 288 g/mol. The van der Waals surface area contributed by atoms with E-state index in [0.29, 0.717) is 6.42 Å². The van der Waals surface area contributed by atoms with Gasteiger partial charge in [-0.15, -0.1) is 10.2 Å². The molecule has 0 spiro atoms. The Bertz CT molecular complexity index is 539. The van der Waals surface area contributed by atoms with Crippen LogP contribution < -0.4 is 10.0 Å². The number of amides is 1. The van der Waals surface area contributed by atoms with Crippen LogP contribution in [0.25, 0.3) is 0 Å². The van der Waals surface area contributed by atoms with Crippen LogP contribution in [0.3, 0.4) is 0 Å². The zero-order chi connectivity index (χ0) is 14.6. The van der Waals surface area contributed by atoms with Crippen molar-refractivity contribution in [2.45, 2.75) is 44.5 Å². The molecule has 2 N–H and O–H groups in total. The molecule has 0 fully saturated rings. The Morgan fingerprint density at radius 3 is 2.47 bits per heavy atom. The summed E-state index contributed by atoms with van der Waals surface area (Å²) in [5.41, 5.74) is 0. The summed E-state index contributed by atoms with van der Waals surface area (Å²) in [5.74, 6) is -0.433. The lowest BCUT2D eigenvalue weighted by Gasteiger charge is -2.09. The lowest BCUT2D eigenvalue weighted by atomic mass is 10.2. The molecule has 108 valence electrons. The number of hydrogen-bond donors (Lipinski definition) is 2. The fourth-order valence-corrected chi connectivity index (χ4v) is 3.26. The van der Waals surface area contributed by atoms with E-state index in [-0.39, 0.29) is 27.3 Å². The number of nitrogens with one attached hydrogen (secondary N) is 2. The van der Waals surface area contributed by atoms with E-state index in [9.17, 15) is 13.2 Å². The van der Waals surface area contributed by atoms with Gasteiger partial charge in [0.2, 0.25) is 15.4 Å². The van der Waals surface area contributed by atoms with Gasteiger partial charge >= 0.3 is 0 Å². The minimum atomic E-state index is -3.66. The zero-order valence-corrected chi connectivity index (χ0v) is 12.9. The van der Waals surface area contributed by atoms with Crippen molar-refractivity contribution in [3.8, 4) is 0 Å². The van der Waals surface area contributed by atoms with Crippen LogP contribution in [0.4, 0.5) is 5.13 Å². The monoisotopic (exact) mass is 306 g/mol. The third-order valence-corrected chi connectivity index (χ3v) is 5.16. The van der Waals surface area contributed by atoms with Gasteiger partial charge in [0.1, 0.15) is 0 Å². The van der Waals surface area contributed by atoms with Gasteiger partial charge in [-0.1, -0.05) is 32.1 Å². The third-order valence-electron chi connectivity index (χ3n) is 2.36. The number of nitrogens with zero attached hydrogens (tertiary/aromatic N) is 2. The molecule has 1 amide bonds. The molecule has 0 aliphatic carbocycles. The van der Waals surface area contributed by atoms with E-state index < -0.39 is 10.0 Å². The van der Waals surface area contributed by atoms with Gasteiger partial charge in [0.05, 0.1) is 0 Å². The minimum absolute atomic E-state index is 0.146. The van der Waals surface area contributed by atoms with Gasteiger partial charge in [-0.25, -0.2) is 13.1 Å². The van der Waals surface area contributed by atoms with Gasteiger partial charge in [-0.05, 0) is 13.3 Å². The third kappa shape index (κ3) is 4.51. The standard InChI is InChI=1S/C10H18N4O3S2/c1-5-7(4)14-19(16,17)10-13-12-9(18-10)11-8(15)6(2)3/h6-7,14H,5H2,1-4H3,(H,11,12,15)/t7-/m1/s1. The predicted molar refractivity (Wildman–Crippen MR) is 73.5 cm³/mol. The molecule has 1 aromatic heterocycles. The molecule has 1 heterocycles. The van der Waals surface area contributed by atoms with E-state index >= 15 is 0 Å². The molecule has 0 saturated heterocycles. The van der Waals surface area contributed by atoms with E-state index in [1.165, 1.54) is 0 Å². The van der Waals surface area contributed by atoms with E-state index in [0.717, 1.165) is 11.3 Å². The molecule has 0 saturated carbocycles. The Kier molecular flexibility index (Phi) is 5.39. The normalized spacial score (nSPS) is 13.5. The molecule has 0 bridgehead atoms. The number of sulfonamides is 1. The van der Waals surface area contributed by atoms with Crippen molar-refractivity contribution in [2.75, 3.05) is 5.32 Å². The van der Waals surface area contributed by atoms with Crippen LogP contribution in [0.2, 0.25) is 0 Å². The number of carbonyl (C=O) groups excluding carboxylic acids is 1. The highest BCUT2D eigenvalue weighted by Crippen LogP contribution is 2.20. The van der Waals surface area contributed by atoms with E-state index in [1.807, 2.05) is 6.92 Å². The number of aromatic nitrogens is 2. The molecule has 1 rings (SSSR count). The molecule has 0 unspecified atom stereocenters. The maximum Gasteiger partial charge on any atom is 0.270 e. The van der Waals surface area contributed by atoms with E-state index in [1.54, 1.807) is 20.8 Å². The summed E-state index contributed by atoms with van der Waals surface area (Å²) in [4.78, 5) is 11.5.